The van der Waals surface area contributed by atoms with Gasteiger partial charge in [-0.2, -0.15) is 5.26 Å². The maximum Gasteiger partial charge on any atom is 0.252 e. The summed E-state index contributed by atoms with van der Waals surface area (Å²) < 4.78 is 6.85. The van der Waals surface area contributed by atoms with Crippen molar-refractivity contribution in [2.24, 2.45) is 4.99 Å². The highest BCUT2D eigenvalue weighted by atomic mass is 32.2. The minimum atomic E-state index is 0.203. The topological polar surface area (TPSA) is 76.1 Å². The standard InChI is InChI=1S/C14H13N5OS/c1-20-11-4-2-10(3-5-11)14-16-7-12(21-14)8-19-9-17-13(6-15)18-19/h2-5,9,12H,7-8H2,1H3. The maximum atomic E-state index is 8.72. The highest BCUT2D eigenvalue weighted by Gasteiger charge is 2.21. The first kappa shape index (κ1) is 13.6. The van der Waals surface area contributed by atoms with Crippen LogP contribution in [0.5, 0.6) is 5.75 Å². The first-order chi connectivity index (χ1) is 10.3. The van der Waals surface area contributed by atoms with E-state index in [9.17, 15) is 0 Å². The first-order valence-electron chi connectivity index (χ1n) is 6.43. The summed E-state index contributed by atoms with van der Waals surface area (Å²) in [7, 11) is 1.65. The van der Waals surface area contributed by atoms with E-state index >= 15 is 0 Å². The fourth-order valence-electron chi connectivity index (χ4n) is 2.05. The second kappa shape index (κ2) is 5.97. The number of nitriles is 1. The largest absolute Gasteiger partial charge is 0.497 e. The molecule has 1 aromatic heterocycles. The van der Waals surface area contributed by atoms with E-state index in [-0.39, 0.29) is 5.82 Å². The molecule has 1 aromatic carbocycles. The molecule has 0 N–H and O–H groups in total. The van der Waals surface area contributed by atoms with Crippen molar-refractivity contribution < 1.29 is 4.74 Å². The van der Waals surface area contributed by atoms with Crippen LogP contribution >= 0.6 is 11.8 Å². The molecule has 1 aliphatic heterocycles. The van der Waals surface area contributed by atoms with Crippen LogP contribution in [0, 0.1) is 11.3 Å². The zero-order valence-electron chi connectivity index (χ0n) is 11.4. The van der Waals surface area contributed by atoms with Crippen molar-refractivity contribution >= 4 is 16.8 Å². The summed E-state index contributed by atoms with van der Waals surface area (Å²) >= 11 is 1.73. The molecule has 1 unspecified atom stereocenters. The van der Waals surface area contributed by atoms with Crippen molar-refractivity contribution in [2.75, 3.05) is 13.7 Å². The summed E-state index contributed by atoms with van der Waals surface area (Å²) in [6.45, 7) is 1.44. The van der Waals surface area contributed by atoms with Gasteiger partial charge in [0.05, 0.1) is 30.5 Å². The van der Waals surface area contributed by atoms with Crippen molar-refractivity contribution in [3.63, 3.8) is 0 Å². The Morgan fingerprint density at radius 3 is 2.90 bits per heavy atom. The third kappa shape index (κ3) is 3.06. The van der Waals surface area contributed by atoms with E-state index in [4.69, 9.17) is 10.00 Å². The number of aromatic nitrogens is 3. The molecular formula is C14H13N5OS. The van der Waals surface area contributed by atoms with Crippen LogP contribution in [-0.2, 0) is 6.54 Å². The molecule has 0 aliphatic carbocycles. The molecule has 106 valence electrons. The first-order valence-corrected chi connectivity index (χ1v) is 7.31. The number of rotatable bonds is 4. The molecule has 0 spiro atoms. The lowest BCUT2D eigenvalue weighted by atomic mass is 10.2. The van der Waals surface area contributed by atoms with Gasteiger partial charge in [-0.3, -0.25) is 9.67 Å². The zero-order valence-corrected chi connectivity index (χ0v) is 12.2. The van der Waals surface area contributed by atoms with Gasteiger partial charge in [0.25, 0.3) is 5.82 Å². The van der Waals surface area contributed by atoms with Crippen LogP contribution in [0.3, 0.4) is 0 Å². The van der Waals surface area contributed by atoms with Gasteiger partial charge in [0, 0.05) is 5.56 Å². The molecule has 1 atom stereocenters. The van der Waals surface area contributed by atoms with E-state index in [0.29, 0.717) is 11.8 Å². The average Bonchev–Trinajstić information content (AvgIpc) is 3.17. The van der Waals surface area contributed by atoms with Crippen molar-refractivity contribution in [1.29, 1.82) is 5.26 Å². The molecule has 21 heavy (non-hydrogen) atoms. The summed E-state index contributed by atoms with van der Waals surface area (Å²) in [6.07, 6.45) is 1.59. The molecule has 0 saturated carbocycles. The Bertz CT molecular complexity index is 701. The van der Waals surface area contributed by atoms with Crippen LogP contribution in [0.1, 0.15) is 11.4 Å². The molecule has 6 nitrogen and oxygen atoms in total. The lowest BCUT2D eigenvalue weighted by Gasteiger charge is -2.08. The van der Waals surface area contributed by atoms with Crippen LogP contribution in [0.2, 0.25) is 0 Å². The van der Waals surface area contributed by atoms with E-state index in [1.165, 1.54) is 0 Å². The number of methoxy groups -OCH3 is 1. The Morgan fingerprint density at radius 1 is 1.43 bits per heavy atom. The number of aliphatic imine (C=N–C) groups is 1. The highest BCUT2D eigenvalue weighted by Crippen LogP contribution is 2.27. The maximum absolute atomic E-state index is 8.72. The average molecular weight is 299 g/mol. The Hall–Kier alpha value is -2.33. The van der Waals surface area contributed by atoms with Crippen molar-refractivity contribution in [3.05, 3.63) is 42.0 Å². The van der Waals surface area contributed by atoms with Gasteiger partial charge in [0.2, 0.25) is 0 Å². The lowest BCUT2D eigenvalue weighted by molar-refractivity contribution is 0.415. The fourth-order valence-corrected chi connectivity index (χ4v) is 3.16. The second-order valence-electron chi connectivity index (χ2n) is 4.52. The second-order valence-corrected chi connectivity index (χ2v) is 5.81. The minimum absolute atomic E-state index is 0.203. The van der Waals surface area contributed by atoms with E-state index < -0.39 is 0 Å². The molecule has 0 amide bonds. The molecule has 0 radical (unpaired) electrons. The molecule has 2 aromatic rings. The summed E-state index contributed by atoms with van der Waals surface area (Å²) in [5, 5.41) is 14.1. The predicted molar refractivity (Wildman–Crippen MR) is 80.5 cm³/mol. The molecule has 1 aliphatic rings. The predicted octanol–water partition coefficient (Wildman–Crippen LogP) is 1.72. The Morgan fingerprint density at radius 2 is 2.24 bits per heavy atom. The molecule has 2 heterocycles. The highest BCUT2D eigenvalue weighted by molar-refractivity contribution is 8.15. The molecule has 0 bridgehead atoms. The molecule has 3 rings (SSSR count). The van der Waals surface area contributed by atoms with E-state index in [2.05, 4.69) is 15.1 Å². The SMILES string of the molecule is COc1ccc(C2=NCC(Cn3cnc(C#N)n3)S2)cc1. The molecule has 0 saturated heterocycles. The summed E-state index contributed by atoms with van der Waals surface area (Å²) in [4.78, 5) is 8.48. The quantitative estimate of drug-likeness (QED) is 0.859. The van der Waals surface area contributed by atoms with Crippen molar-refractivity contribution in [1.82, 2.24) is 14.8 Å². The Kier molecular flexibility index (Phi) is 3.88. The smallest absolute Gasteiger partial charge is 0.252 e. The number of ether oxygens (including phenoxy) is 1. The van der Waals surface area contributed by atoms with E-state index in [1.807, 2.05) is 30.3 Å². The number of thioether (sulfide) groups is 1. The van der Waals surface area contributed by atoms with Gasteiger partial charge in [0.15, 0.2) is 0 Å². The van der Waals surface area contributed by atoms with Crippen molar-refractivity contribution in [2.45, 2.75) is 11.8 Å². The third-order valence-corrected chi connectivity index (χ3v) is 4.30. The van der Waals surface area contributed by atoms with Crippen LogP contribution < -0.4 is 4.74 Å². The molecule has 0 fully saturated rings. The fraction of sp³-hybridized carbons (Fsp3) is 0.286. The summed E-state index contributed by atoms with van der Waals surface area (Å²) in [6, 6.07) is 9.81. The molecule has 7 heteroatoms. The number of nitrogens with zero attached hydrogens (tertiary/aromatic N) is 5. The lowest BCUT2D eigenvalue weighted by Crippen LogP contribution is -2.14. The van der Waals surface area contributed by atoms with Gasteiger partial charge in [-0.15, -0.1) is 5.10 Å². The third-order valence-electron chi connectivity index (χ3n) is 3.08. The minimum Gasteiger partial charge on any atom is -0.497 e. The van der Waals surface area contributed by atoms with Gasteiger partial charge < -0.3 is 4.74 Å². The number of benzene rings is 1. The summed E-state index contributed by atoms with van der Waals surface area (Å²) in [5.74, 6) is 1.04. The number of hydrogen-bond acceptors (Lipinski definition) is 6. The monoisotopic (exact) mass is 299 g/mol. The summed E-state index contributed by atoms with van der Waals surface area (Å²) in [5.41, 5.74) is 1.10. The Balaban J connectivity index is 1.62. The molecular weight excluding hydrogens is 286 g/mol. The Labute approximate surface area is 126 Å². The zero-order chi connectivity index (χ0) is 14.7. The normalized spacial score (nSPS) is 17.3. The van der Waals surface area contributed by atoms with Crippen LogP contribution in [0.25, 0.3) is 0 Å². The van der Waals surface area contributed by atoms with Crippen molar-refractivity contribution in [3.8, 4) is 11.8 Å². The van der Waals surface area contributed by atoms with Gasteiger partial charge >= 0.3 is 0 Å². The van der Waals surface area contributed by atoms with E-state index in [0.717, 1.165) is 22.9 Å². The van der Waals surface area contributed by atoms with Gasteiger partial charge in [-0.25, -0.2) is 4.98 Å². The van der Waals surface area contributed by atoms with Gasteiger partial charge in [-0.1, -0.05) is 11.8 Å². The van der Waals surface area contributed by atoms with Crippen LogP contribution in [-0.4, -0.2) is 38.7 Å². The van der Waals surface area contributed by atoms with Gasteiger partial charge in [0.1, 0.15) is 18.1 Å². The van der Waals surface area contributed by atoms with Crippen LogP contribution in [0.4, 0.5) is 0 Å². The van der Waals surface area contributed by atoms with E-state index in [1.54, 1.807) is 29.9 Å². The van der Waals surface area contributed by atoms with Crippen LogP contribution in [0.15, 0.2) is 35.6 Å². The number of hydrogen-bond donors (Lipinski definition) is 0. The van der Waals surface area contributed by atoms with Gasteiger partial charge in [-0.05, 0) is 24.3 Å².